The minimum Gasteiger partial charge on any atom is -0.485 e. The zero-order valence-electron chi connectivity index (χ0n) is 18.2. The van der Waals surface area contributed by atoms with Crippen LogP contribution in [0, 0.1) is 0 Å². The molecule has 1 saturated heterocycles. The van der Waals surface area contributed by atoms with Crippen LogP contribution in [-0.2, 0) is 0 Å². The summed E-state index contributed by atoms with van der Waals surface area (Å²) in [4.78, 5) is 15.1. The lowest BCUT2D eigenvalue weighted by atomic mass is 10.0. The normalized spacial score (nSPS) is 17.4. The highest BCUT2D eigenvalue weighted by atomic mass is 35.5. The molecular formula is C23H26Cl2N4O4. The Morgan fingerprint density at radius 3 is 2.48 bits per heavy atom. The van der Waals surface area contributed by atoms with Gasteiger partial charge >= 0.3 is 5.76 Å². The molecule has 1 fully saturated rings. The van der Waals surface area contributed by atoms with Crippen LogP contribution < -0.4 is 21.0 Å². The number of nitrogens with zero attached hydrogens (tertiary/aromatic N) is 3. The number of hydrogen-bond acceptors (Lipinski definition) is 7. The van der Waals surface area contributed by atoms with Gasteiger partial charge < -0.3 is 19.6 Å². The molecule has 3 aromatic rings. The van der Waals surface area contributed by atoms with Crippen LogP contribution in [0.15, 0.2) is 45.6 Å². The van der Waals surface area contributed by atoms with Crippen LogP contribution in [0.25, 0.3) is 11.5 Å². The van der Waals surface area contributed by atoms with Crippen LogP contribution in [0.2, 0.25) is 5.02 Å². The van der Waals surface area contributed by atoms with E-state index in [9.17, 15) is 4.79 Å². The van der Waals surface area contributed by atoms with E-state index in [1.807, 2.05) is 6.07 Å². The van der Waals surface area contributed by atoms with Crippen molar-refractivity contribution in [2.24, 2.45) is 0 Å². The molecule has 3 heterocycles. The molecule has 8 nitrogen and oxygen atoms in total. The first-order chi connectivity index (χ1) is 15.5. The van der Waals surface area contributed by atoms with Crippen molar-refractivity contribution in [3.05, 3.63) is 57.5 Å². The molecule has 1 unspecified atom stereocenters. The van der Waals surface area contributed by atoms with Crippen LogP contribution in [0.3, 0.4) is 0 Å². The number of piperidine rings is 1. The minimum atomic E-state index is -0.493. The highest BCUT2D eigenvalue weighted by molar-refractivity contribution is 6.34. The summed E-state index contributed by atoms with van der Waals surface area (Å²) in [5.74, 6) is 0.420. The van der Waals surface area contributed by atoms with Gasteiger partial charge in [0.2, 0.25) is 0 Å². The van der Waals surface area contributed by atoms with Gasteiger partial charge in [-0.3, -0.25) is 4.90 Å². The van der Waals surface area contributed by atoms with E-state index in [0.29, 0.717) is 47.0 Å². The van der Waals surface area contributed by atoms with Crippen molar-refractivity contribution >= 4 is 29.7 Å². The summed E-state index contributed by atoms with van der Waals surface area (Å²) in [5, 5.41) is 4.79. The van der Waals surface area contributed by atoms with Crippen molar-refractivity contribution < 1.29 is 13.9 Å². The number of halogens is 2. The predicted molar refractivity (Wildman–Crippen MR) is 129 cm³/mol. The number of rotatable bonds is 4. The monoisotopic (exact) mass is 492 g/mol. The second-order valence-corrected chi connectivity index (χ2v) is 8.55. The molecule has 5 rings (SSSR count). The Labute approximate surface area is 202 Å². The second kappa shape index (κ2) is 9.67. The van der Waals surface area contributed by atoms with Crippen molar-refractivity contribution in [2.75, 3.05) is 32.0 Å². The lowest BCUT2D eigenvalue weighted by Gasteiger charge is -2.35. The van der Waals surface area contributed by atoms with E-state index in [0.717, 1.165) is 25.9 Å². The number of nitrogens with two attached hydrogens (primary N) is 1. The van der Waals surface area contributed by atoms with Gasteiger partial charge in [0.15, 0.2) is 11.5 Å². The lowest BCUT2D eigenvalue weighted by molar-refractivity contribution is 0.136. The summed E-state index contributed by atoms with van der Waals surface area (Å²) in [5.41, 5.74) is 8.07. The number of fused-ring (bicyclic) bond motifs is 1. The smallest absolute Gasteiger partial charge is 0.437 e. The summed E-state index contributed by atoms with van der Waals surface area (Å²) in [7, 11) is 0. The minimum absolute atomic E-state index is 0. The fourth-order valence-electron chi connectivity index (χ4n) is 4.44. The molecule has 0 spiro atoms. The van der Waals surface area contributed by atoms with Crippen molar-refractivity contribution in [3.8, 4) is 23.0 Å². The Hall–Kier alpha value is -2.68. The van der Waals surface area contributed by atoms with Crippen molar-refractivity contribution in [2.45, 2.75) is 31.8 Å². The Kier molecular flexibility index (Phi) is 6.88. The molecule has 0 aliphatic carbocycles. The van der Waals surface area contributed by atoms with Gasteiger partial charge in [-0.25, -0.2) is 4.79 Å². The van der Waals surface area contributed by atoms with Crippen molar-refractivity contribution in [1.29, 1.82) is 0 Å². The van der Waals surface area contributed by atoms with Crippen molar-refractivity contribution in [1.82, 2.24) is 14.7 Å². The molecule has 1 aromatic heterocycles. The standard InChI is InChI=1S/C23H25ClN4O4.ClH/c1-14(15-5-3-2-4-6-15)27-9-7-16(8-10-27)28-23(29)32-22(26-28)17-13-18(24)19(25)21-20(17)30-11-12-31-21;/h2-6,13-14,16H,7-12,25H2,1H3;1H. The largest absolute Gasteiger partial charge is 0.485 e. The second-order valence-electron chi connectivity index (χ2n) is 8.15. The van der Waals surface area contributed by atoms with Crippen LogP contribution in [0.4, 0.5) is 5.69 Å². The van der Waals surface area contributed by atoms with E-state index < -0.39 is 5.76 Å². The molecular weight excluding hydrogens is 467 g/mol. The molecule has 10 heteroatoms. The summed E-state index contributed by atoms with van der Waals surface area (Å²) < 4.78 is 18.3. The molecule has 0 bridgehead atoms. The quantitative estimate of drug-likeness (QED) is 0.541. The zero-order valence-corrected chi connectivity index (χ0v) is 19.8. The van der Waals surface area contributed by atoms with Crippen molar-refractivity contribution in [3.63, 3.8) is 0 Å². The molecule has 2 N–H and O–H groups in total. The van der Waals surface area contributed by atoms with Crippen LogP contribution in [-0.4, -0.2) is 41.0 Å². The molecule has 2 aromatic carbocycles. The van der Waals surface area contributed by atoms with Gasteiger partial charge in [-0.05, 0) is 31.4 Å². The lowest BCUT2D eigenvalue weighted by Crippen LogP contribution is -2.38. The van der Waals surface area contributed by atoms with E-state index in [-0.39, 0.29) is 24.3 Å². The number of anilines is 1. The molecule has 2 aliphatic heterocycles. The van der Waals surface area contributed by atoms with E-state index in [2.05, 4.69) is 41.2 Å². The third-order valence-electron chi connectivity index (χ3n) is 6.27. The van der Waals surface area contributed by atoms with Crippen LogP contribution >= 0.6 is 24.0 Å². The van der Waals surface area contributed by atoms with Gasteiger partial charge in [0.1, 0.15) is 13.2 Å². The fourth-order valence-corrected chi connectivity index (χ4v) is 4.64. The number of hydrogen-bond donors (Lipinski definition) is 1. The Balaban J connectivity index is 0.00000259. The third kappa shape index (κ3) is 4.43. The maximum atomic E-state index is 12.7. The molecule has 2 aliphatic rings. The molecule has 0 saturated carbocycles. The summed E-state index contributed by atoms with van der Waals surface area (Å²) >= 11 is 6.27. The topological polar surface area (TPSA) is 95.8 Å². The van der Waals surface area contributed by atoms with Crippen LogP contribution in [0.5, 0.6) is 11.5 Å². The number of nitrogen functional groups attached to an aromatic ring is 1. The van der Waals surface area contributed by atoms with E-state index >= 15 is 0 Å². The number of ether oxygens (including phenoxy) is 2. The summed E-state index contributed by atoms with van der Waals surface area (Å²) in [6.45, 7) is 4.69. The number of likely N-dealkylation sites (tertiary alicyclic amines) is 1. The van der Waals surface area contributed by atoms with Crippen LogP contribution in [0.1, 0.15) is 37.4 Å². The van der Waals surface area contributed by atoms with Gasteiger partial charge in [0.05, 0.1) is 22.3 Å². The number of benzene rings is 2. The Morgan fingerprint density at radius 1 is 1.12 bits per heavy atom. The molecule has 33 heavy (non-hydrogen) atoms. The number of aromatic nitrogens is 2. The maximum absolute atomic E-state index is 12.7. The molecule has 176 valence electrons. The van der Waals surface area contributed by atoms with Gasteiger partial charge in [-0.1, -0.05) is 41.9 Å². The highest BCUT2D eigenvalue weighted by Crippen LogP contribution is 2.46. The Morgan fingerprint density at radius 2 is 1.79 bits per heavy atom. The van der Waals surface area contributed by atoms with Gasteiger partial charge in [-0.2, -0.15) is 4.68 Å². The SMILES string of the molecule is CC(c1ccccc1)N1CCC(n2nc(-c3cc(Cl)c(N)c4c3OCCO4)oc2=O)CC1.Cl. The highest BCUT2D eigenvalue weighted by Gasteiger charge is 2.30. The fraction of sp³-hybridized carbons (Fsp3) is 0.391. The van der Waals surface area contributed by atoms with Gasteiger partial charge in [0.25, 0.3) is 5.89 Å². The first-order valence-electron chi connectivity index (χ1n) is 10.8. The third-order valence-corrected chi connectivity index (χ3v) is 6.59. The van der Waals surface area contributed by atoms with Gasteiger partial charge in [0, 0.05) is 19.1 Å². The van der Waals surface area contributed by atoms with Gasteiger partial charge in [-0.15, -0.1) is 17.5 Å². The predicted octanol–water partition coefficient (Wildman–Crippen LogP) is 4.33. The average molecular weight is 493 g/mol. The van der Waals surface area contributed by atoms with E-state index in [1.165, 1.54) is 10.2 Å². The molecule has 0 amide bonds. The van der Waals surface area contributed by atoms with E-state index in [1.54, 1.807) is 6.07 Å². The van der Waals surface area contributed by atoms with E-state index in [4.69, 9.17) is 31.2 Å². The first-order valence-corrected chi connectivity index (χ1v) is 11.2. The molecule has 0 radical (unpaired) electrons. The maximum Gasteiger partial charge on any atom is 0.437 e. The first kappa shape index (κ1) is 23.5. The summed E-state index contributed by atoms with van der Waals surface area (Å²) in [6.07, 6.45) is 1.62. The summed E-state index contributed by atoms with van der Waals surface area (Å²) in [6, 6.07) is 12.3. The zero-order chi connectivity index (χ0) is 22.2. The average Bonchev–Trinajstić information content (AvgIpc) is 3.23. The molecule has 1 atom stereocenters. The Bertz CT molecular complexity index is 1170.